The van der Waals surface area contributed by atoms with Crippen LogP contribution in [0.25, 0.3) is 11.0 Å². The molecule has 2 rings (SSSR count). The van der Waals surface area contributed by atoms with E-state index in [0.717, 1.165) is 10.9 Å². The molecule has 1 heterocycles. The van der Waals surface area contributed by atoms with Crippen LogP contribution in [0.3, 0.4) is 0 Å². The van der Waals surface area contributed by atoms with Crippen molar-refractivity contribution < 1.29 is 23.8 Å². The molecule has 22 heavy (non-hydrogen) atoms. The third-order valence-corrected chi connectivity index (χ3v) is 2.98. The van der Waals surface area contributed by atoms with E-state index in [-0.39, 0.29) is 6.61 Å². The Morgan fingerprint density at radius 1 is 1.32 bits per heavy atom. The van der Waals surface area contributed by atoms with Gasteiger partial charge in [-0.1, -0.05) is 6.92 Å². The Morgan fingerprint density at radius 2 is 2.09 bits per heavy atom. The van der Waals surface area contributed by atoms with Crippen LogP contribution in [0, 0.1) is 0 Å². The zero-order valence-corrected chi connectivity index (χ0v) is 11.9. The highest BCUT2D eigenvalue weighted by atomic mass is 16.5. The standard InChI is InChI=1S/C15H15NO6/c1-2-9-5-15(20)22-12-6-10(3-4-11(9)12)21-8-13(17)16-7-14(18)19/h3-6H,2,7-8H2,1H3,(H,16,17)(H,18,19)/p-1. The molecular weight excluding hydrogens is 290 g/mol. The molecule has 0 spiro atoms. The maximum atomic E-state index is 11.5. The van der Waals surface area contributed by atoms with Crippen LogP contribution in [0.2, 0.25) is 0 Å². The lowest BCUT2D eigenvalue weighted by Crippen LogP contribution is -2.39. The van der Waals surface area contributed by atoms with Crippen molar-refractivity contribution in [1.82, 2.24) is 5.32 Å². The maximum Gasteiger partial charge on any atom is 0.336 e. The van der Waals surface area contributed by atoms with Crippen LogP contribution in [0.1, 0.15) is 12.5 Å². The summed E-state index contributed by atoms with van der Waals surface area (Å²) in [5.74, 6) is -1.63. The van der Waals surface area contributed by atoms with E-state index in [0.29, 0.717) is 17.8 Å². The molecule has 1 N–H and O–H groups in total. The molecule has 0 bridgehead atoms. The van der Waals surface area contributed by atoms with Gasteiger partial charge in [0.25, 0.3) is 5.91 Å². The molecule has 0 fully saturated rings. The van der Waals surface area contributed by atoms with E-state index in [9.17, 15) is 19.5 Å². The fourth-order valence-electron chi connectivity index (χ4n) is 1.96. The number of carbonyl (C=O) groups excluding carboxylic acids is 2. The molecule has 1 aromatic heterocycles. The molecule has 0 unspecified atom stereocenters. The van der Waals surface area contributed by atoms with E-state index in [4.69, 9.17) is 9.15 Å². The van der Waals surface area contributed by atoms with E-state index in [1.165, 1.54) is 12.1 Å². The minimum Gasteiger partial charge on any atom is -0.548 e. The largest absolute Gasteiger partial charge is 0.548 e. The number of hydrogen-bond acceptors (Lipinski definition) is 6. The molecule has 0 saturated heterocycles. The number of rotatable bonds is 6. The molecule has 1 aromatic carbocycles. The Balaban J connectivity index is 2.11. The number of carboxylic acid groups (broad SMARTS) is 1. The van der Waals surface area contributed by atoms with Crippen molar-refractivity contribution in [3.63, 3.8) is 0 Å². The van der Waals surface area contributed by atoms with Crippen molar-refractivity contribution in [3.8, 4) is 5.75 Å². The molecule has 0 aliphatic carbocycles. The predicted molar refractivity (Wildman–Crippen MR) is 75.4 cm³/mol. The number of fused-ring (bicyclic) bond motifs is 1. The molecule has 2 aromatic rings. The average Bonchev–Trinajstić information content (AvgIpc) is 2.49. The number of aliphatic carboxylic acids is 1. The first kappa shape index (κ1) is 15.6. The van der Waals surface area contributed by atoms with Crippen LogP contribution in [-0.2, 0) is 16.0 Å². The molecule has 7 nitrogen and oxygen atoms in total. The number of amides is 1. The van der Waals surface area contributed by atoms with Crippen LogP contribution < -0.4 is 20.8 Å². The summed E-state index contributed by atoms with van der Waals surface area (Å²) in [6.45, 7) is 1.01. The molecule has 116 valence electrons. The molecule has 0 aliphatic heterocycles. The lowest BCUT2D eigenvalue weighted by atomic mass is 10.1. The van der Waals surface area contributed by atoms with Crippen LogP contribution in [0.5, 0.6) is 5.75 Å². The lowest BCUT2D eigenvalue weighted by molar-refractivity contribution is -0.304. The first-order valence-electron chi connectivity index (χ1n) is 6.65. The molecule has 1 amide bonds. The number of carboxylic acids is 1. The number of aryl methyl sites for hydroxylation is 1. The highest BCUT2D eigenvalue weighted by Crippen LogP contribution is 2.22. The minimum atomic E-state index is -1.38. The number of ether oxygens (including phenoxy) is 1. The van der Waals surface area contributed by atoms with Gasteiger partial charge in [-0.2, -0.15) is 0 Å². The molecule has 7 heteroatoms. The molecule has 0 aliphatic rings. The Bertz CT molecular complexity index is 764. The van der Waals surface area contributed by atoms with E-state index >= 15 is 0 Å². The van der Waals surface area contributed by atoms with Crippen molar-refractivity contribution in [2.24, 2.45) is 0 Å². The zero-order valence-electron chi connectivity index (χ0n) is 11.9. The van der Waals surface area contributed by atoms with Gasteiger partial charge in [-0.25, -0.2) is 4.79 Å². The van der Waals surface area contributed by atoms with Gasteiger partial charge >= 0.3 is 5.63 Å². The fraction of sp³-hybridized carbons (Fsp3) is 0.267. The Labute approximate surface area is 125 Å². The Morgan fingerprint density at radius 3 is 2.77 bits per heavy atom. The van der Waals surface area contributed by atoms with Crippen LogP contribution in [-0.4, -0.2) is 25.0 Å². The van der Waals surface area contributed by atoms with Crippen molar-refractivity contribution in [1.29, 1.82) is 0 Å². The van der Waals surface area contributed by atoms with Crippen molar-refractivity contribution in [3.05, 3.63) is 40.2 Å². The Kier molecular flexibility index (Phi) is 4.77. The van der Waals surface area contributed by atoms with Gasteiger partial charge in [-0.05, 0) is 24.1 Å². The average molecular weight is 304 g/mol. The van der Waals surface area contributed by atoms with E-state index in [1.807, 2.05) is 6.92 Å². The summed E-state index contributed by atoms with van der Waals surface area (Å²) in [5.41, 5.74) is 0.787. The molecular formula is C15H14NO6-. The van der Waals surface area contributed by atoms with Gasteiger partial charge in [-0.3, -0.25) is 4.79 Å². The number of carbonyl (C=O) groups is 2. The third-order valence-electron chi connectivity index (χ3n) is 2.98. The zero-order chi connectivity index (χ0) is 16.1. The smallest absolute Gasteiger partial charge is 0.336 e. The van der Waals surface area contributed by atoms with Gasteiger partial charge in [0, 0.05) is 17.5 Å². The first-order valence-corrected chi connectivity index (χ1v) is 6.65. The van der Waals surface area contributed by atoms with Gasteiger partial charge in [0.2, 0.25) is 0 Å². The molecule has 0 saturated carbocycles. The van der Waals surface area contributed by atoms with Crippen molar-refractivity contribution >= 4 is 22.8 Å². The topological polar surface area (TPSA) is 109 Å². The second-order valence-corrected chi connectivity index (χ2v) is 4.54. The van der Waals surface area contributed by atoms with E-state index < -0.39 is 24.0 Å². The molecule has 0 atom stereocenters. The second-order valence-electron chi connectivity index (χ2n) is 4.54. The highest BCUT2D eigenvalue weighted by molar-refractivity contribution is 5.83. The predicted octanol–water partition coefficient (Wildman–Crippen LogP) is -0.400. The first-order chi connectivity index (χ1) is 10.5. The summed E-state index contributed by atoms with van der Waals surface area (Å²) < 4.78 is 10.3. The van der Waals surface area contributed by atoms with Gasteiger partial charge < -0.3 is 24.4 Å². The van der Waals surface area contributed by atoms with Gasteiger partial charge in [0.15, 0.2) is 6.61 Å². The molecule has 0 radical (unpaired) electrons. The highest BCUT2D eigenvalue weighted by Gasteiger charge is 2.07. The van der Waals surface area contributed by atoms with Gasteiger partial charge in [0.05, 0.1) is 12.5 Å². The van der Waals surface area contributed by atoms with Crippen molar-refractivity contribution in [2.75, 3.05) is 13.2 Å². The van der Waals surface area contributed by atoms with Crippen molar-refractivity contribution in [2.45, 2.75) is 13.3 Å². The Hall–Kier alpha value is -2.83. The summed E-state index contributed by atoms with van der Waals surface area (Å²) >= 11 is 0. The van der Waals surface area contributed by atoms with Gasteiger partial charge in [-0.15, -0.1) is 0 Å². The SMILES string of the molecule is CCc1cc(=O)oc2cc(OCC(=O)NCC(=O)[O-])ccc12. The second kappa shape index (κ2) is 6.75. The summed E-state index contributed by atoms with van der Waals surface area (Å²) in [7, 11) is 0. The van der Waals surface area contributed by atoms with E-state index in [2.05, 4.69) is 5.32 Å². The van der Waals surface area contributed by atoms with Gasteiger partial charge in [0.1, 0.15) is 11.3 Å². The lowest BCUT2D eigenvalue weighted by Gasteiger charge is -2.09. The normalized spacial score (nSPS) is 10.4. The summed E-state index contributed by atoms with van der Waals surface area (Å²) in [6, 6.07) is 6.34. The third kappa shape index (κ3) is 3.85. The maximum absolute atomic E-state index is 11.5. The van der Waals surface area contributed by atoms with E-state index in [1.54, 1.807) is 12.1 Å². The monoisotopic (exact) mass is 304 g/mol. The number of hydrogen-bond donors (Lipinski definition) is 1. The fourth-order valence-corrected chi connectivity index (χ4v) is 1.96. The van der Waals surface area contributed by atoms with Crippen LogP contribution >= 0.6 is 0 Å². The number of benzene rings is 1. The minimum absolute atomic E-state index is 0.340. The number of nitrogens with one attached hydrogen (secondary N) is 1. The summed E-state index contributed by atoms with van der Waals surface area (Å²) in [5, 5.41) is 13.1. The summed E-state index contributed by atoms with van der Waals surface area (Å²) in [6.07, 6.45) is 0.688. The summed E-state index contributed by atoms with van der Waals surface area (Å²) in [4.78, 5) is 33.0. The van der Waals surface area contributed by atoms with Crippen LogP contribution in [0.4, 0.5) is 0 Å². The van der Waals surface area contributed by atoms with Crippen LogP contribution in [0.15, 0.2) is 33.5 Å². The quantitative estimate of drug-likeness (QED) is 0.727.